The Morgan fingerprint density at radius 2 is 1.70 bits per heavy atom. The van der Waals surface area contributed by atoms with Gasteiger partial charge in [-0.1, -0.05) is 58.9 Å². The number of rotatable bonds is 6. The summed E-state index contributed by atoms with van der Waals surface area (Å²) in [6, 6.07) is 9.43. The second-order valence-corrected chi connectivity index (χ2v) is 7.61. The van der Waals surface area contributed by atoms with E-state index in [1.54, 1.807) is 0 Å². The average molecular weight is 273 g/mol. The largest absolute Gasteiger partial charge is 0.313 e. The van der Waals surface area contributed by atoms with E-state index in [4.69, 9.17) is 0 Å². The SMILES string of the molecule is CCCNC(Cc1ccccc1C)C1C(C)(C)C1(C)C. The maximum Gasteiger partial charge on any atom is 0.0146 e. The molecule has 0 heterocycles. The summed E-state index contributed by atoms with van der Waals surface area (Å²) in [6.45, 7) is 15.3. The van der Waals surface area contributed by atoms with Crippen LogP contribution in [0.4, 0.5) is 0 Å². The van der Waals surface area contributed by atoms with Crippen molar-refractivity contribution in [2.75, 3.05) is 6.54 Å². The molecular formula is C19H31N. The predicted molar refractivity (Wildman–Crippen MR) is 88.0 cm³/mol. The van der Waals surface area contributed by atoms with Crippen LogP contribution in [0.25, 0.3) is 0 Å². The smallest absolute Gasteiger partial charge is 0.0146 e. The second-order valence-electron chi connectivity index (χ2n) is 7.61. The topological polar surface area (TPSA) is 12.0 Å². The van der Waals surface area contributed by atoms with E-state index < -0.39 is 0 Å². The first-order valence-corrected chi connectivity index (χ1v) is 8.10. The van der Waals surface area contributed by atoms with Crippen molar-refractivity contribution in [1.82, 2.24) is 5.32 Å². The van der Waals surface area contributed by atoms with Gasteiger partial charge in [-0.15, -0.1) is 0 Å². The van der Waals surface area contributed by atoms with Crippen LogP contribution in [0.5, 0.6) is 0 Å². The summed E-state index contributed by atoms with van der Waals surface area (Å²) in [7, 11) is 0. The Hall–Kier alpha value is -0.820. The summed E-state index contributed by atoms with van der Waals surface area (Å²) < 4.78 is 0. The van der Waals surface area contributed by atoms with E-state index in [0.29, 0.717) is 16.9 Å². The van der Waals surface area contributed by atoms with Crippen molar-refractivity contribution in [3.63, 3.8) is 0 Å². The van der Waals surface area contributed by atoms with E-state index >= 15 is 0 Å². The van der Waals surface area contributed by atoms with E-state index in [1.807, 2.05) is 0 Å². The summed E-state index contributed by atoms with van der Waals surface area (Å²) in [5.74, 6) is 0.765. The molecule has 20 heavy (non-hydrogen) atoms. The normalized spacial score (nSPS) is 21.7. The van der Waals surface area contributed by atoms with E-state index in [2.05, 4.69) is 71.1 Å². The fourth-order valence-electron chi connectivity index (χ4n) is 3.97. The highest BCUT2D eigenvalue weighted by atomic mass is 15.0. The quantitative estimate of drug-likeness (QED) is 0.799. The van der Waals surface area contributed by atoms with Gasteiger partial charge in [0.15, 0.2) is 0 Å². The summed E-state index contributed by atoms with van der Waals surface area (Å²) in [4.78, 5) is 0. The molecule has 0 spiro atoms. The van der Waals surface area contributed by atoms with Crippen LogP contribution < -0.4 is 5.32 Å². The molecule has 1 atom stereocenters. The fraction of sp³-hybridized carbons (Fsp3) is 0.684. The van der Waals surface area contributed by atoms with Crippen molar-refractivity contribution in [1.29, 1.82) is 0 Å². The van der Waals surface area contributed by atoms with Gasteiger partial charge < -0.3 is 5.32 Å². The van der Waals surface area contributed by atoms with Gasteiger partial charge in [0.05, 0.1) is 0 Å². The molecule has 1 fully saturated rings. The molecule has 112 valence electrons. The van der Waals surface area contributed by atoms with Gasteiger partial charge >= 0.3 is 0 Å². The van der Waals surface area contributed by atoms with Crippen LogP contribution in [-0.2, 0) is 6.42 Å². The summed E-state index contributed by atoms with van der Waals surface area (Å²) in [5, 5.41) is 3.82. The minimum absolute atomic E-state index is 0.446. The third-order valence-electron chi connectivity index (χ3n) is 5.89. The minimum atomic E-state index is 0.446. The van der Waals surface area contributed by atoms with Crippen LogP contribution in [-0.4, -0.2) is 12.6 Å². The molecule has 1 N–H and O–H groups in total. The zero-order chi connectivity index (χ0) is 15.0. The summed E-state index contributed by atoms with van der Waals surface area (Å²) in [5.41, 5.74) is 3.81. The minimum Gasteiger partial charge on any atom is -0.313 e. The number of aryl methyl sites for hydroxylation is 1. The van der Waals surface area contributed by atoms with Gasteiger partial charge in [0, 0.05) is 6.04 Å². The van der Waals surface area contributed by atoms with E-state index in [-0.39, 0.29) is 0 Å². The molecule has 0 amide bonds. The van der Waals surface area contributed by atoms with Gasteiger partial charge in [-0.25, -0.2) is 0 Å². The monoisotopic (exact) mass is 273 g/mol. The van der Waals surface area contributed by atoms with Gasteiger partial charge in [-0.05, 0) is 54.2 Å². The van der Waals surface area contributed by atoms with Crippen molar-refractivity contribution in [2.45, 2.75) is 60.4 Å². The van der Waals surface area contributed by atoms with Crippen molar-refractivity contribution < 1.29 is 0 Å². The standard InChI is InChI=1S/C19H31N/c1-7-12-20-16(17-18(3,4)19(17,5)6)13-15-11-9-8-10-14(15)2/h8-11,16-17,20H,7,12-13H2,1-6H3. The zero-order valence-corrected chi connectivity index (χ0v) is 14.1. The highest BCUT2D eigenvalue weighted by molar-refractivity contribution is 5.28. The Morgan fingerprint density at radius 1 is 1.10 bits per heavy atom. The molecule has 1 unspecified atom stereocenters. The molecule has 1 aromatic rings. The predicted octanol–water partition coefficient (Wildman–Crippen LogP) is 4.59. The Kier molecular flexibility index (Phi) is 4.30. The van der Waals surface area contributed by atoms with E-state index in [0.717, 1.165) is 18.9 Å². The van der Waals surface area contributed by atoms with Crippen molar-refractivity contribution in [3.8, 4) is 0 Å². The van der Waals surface area contributed by atoms with Gasteiger partial charge in [0.2, 0.25) is 0 Å². The third-order valence-corrected chi connectivity index (χ3v) is 5.89. The van der Waals surface area contributed by atoms with Crippen LogP contribution in [0.15, 0.2) is 24.3 Å². The second kappa shape index (κ2) is 5.52. The number of hydrogen-bond acceptors (Lipinski definition) is 1. The Labute approximate surface area is 125 Å². The first kappa shape index (κ1) is 15.6. The number of hydrogen-bond donors (Lipinski definition) is 1. The van der Waals surface area contributed by atoms with Gasteiger partial charge in [0.25, 0.3) is 0 Å². The van der Waals surface area contributed by atoms with Crippen LogP contribution in [0.1, 0.15) is 52.2 Å². The lowest BCUT2D eigenvalue weighted by atomic mass is 9.94. The molecule has 1 heteroatoms. The molecule has 1 nitrogen and oxygen atoms in total. The highest BCUT2D eigenvalue weighted by Crippen LogP contribution is 2.69. The van der Waals surface area contributed by atoms with Crippen molar-refractivity contribution in [3.05, 3.63) is 35.4 Å². The molecule has 0 radical (unpaired) electrons. The number of benzene rings is 1. The van der Waals surface area contributed by atoms with Crippen LogP contribution >= 0.6 is 0 Å². The molecule has 0 bridgehead atoms. The lowest BCUT2D eigenvalue weighted by Crippen LogP contribution is -2.36. The van der Waals surface area contributed by atoms with Gasteiger partial charge in [-0.3, -0.25) is 0 Å². The molecule has 2 rings (SSSR count). The maximum atomic E-state index is 3.82. The Morgan fingerprint density at radius 3 is 2.20 bits per heavy atom. The maximum absolute atomic E-state index is 3.82. The molecule has 1 saturated carbocycles. The van der Waals surface area contributed by atoms with E-state index in [9.17, 15) is 0 Å². The van der Waals surface area contributed by atoms with Crippen molar-refractivity contribution >= 4 is 0 Å². The highest BCUT2D eigenvalue weighted by Gasteiger charge is 2.66. The molecular weight excluding hydrogens is 242 g/mol. The first-order chi connectivity index (χ1) is 9.32. The molecule has 1 aliphatic rings. The average Bonchev–Trinajstić information content (AvgIpc) is 2.78. The third kappa shape index (κ3) is 2.65. The molecule has 1 aliphatic carbocycles. The summed E-state index contributed by atoms with van der Waals surface area (Å²) in [6.07, 6.45) is 2.36. The number of nitrogens with one attached hydrogen (secondary N) is 1. The molecule has 1 aromatic carbocycles. The van der Waals surface area contributed by atoms with Crippen molar-refractivity contribution in [2.24, 2.45) is 16.7 Å². The zero-order valence-electron chi connectivity index (χ0n) is 14.1. The Bertz CT molecular complexity index is 445. The van der Waals surface area contributed by atoms with Crippen LogP contribution in [0.3, 0.4) is 0 Å². The molecule has 0 aromatic heterocycles. The first-order valence-electron chi connectivity index (χ1n) is 8.10. The summed E-state index contributed by atoms with van der Waals surface area (Å²) >= 11 is 0. The molecule has 0 aliphatic heterocycles. The lowest BCUT2D eigenvalue weighted by molar-refractivity contribution is 0.395. The Balaban J connectivity index is 2.16. The van der Waals surface area contributed by atoms with Crippen LogP contribution in [0.2, 0.25) is 0 Å². The van der Waals surface area contributed by atoms with E-state index in [1.165, 1.54) is 17.5 Å². The van der Waals surface area contributed by atoms with Gasteiger partial charge in [0.1, 0.15) is 0 Å². The van der Waals surface area contributed by atoms with Crippen LogP contribution in [0, 0.1) is 23.7 Å². The molecule has 0 saturated heterocycles. The lowest BCUT2D eigenvalue weighted by Gasteiger charge is -2.22. The van der Waals surface area contributed by atoms with Gasteiger partial charge in [-0.2, -0.15) is 0 Å². The fourth-order valence-corrected chi connectivity index (χ4v) is 3.97.